The summed E-state index contributed by atoms with van der Waals surface area (Å²) in [7, 11) is 0. The second-order valence-electron chi connectivity index (χ2n) is 18.9. The Balaban J connectivity index is 1.55. The molecule has 7 atom stereocenters. The Labute approximate surface area is 452 Å². The number of phenols is 1. The Morgan fingerprint density at radius 2 is 1.21 bits per heavy atom. The number of nitrogens with one attached hydrogen (secondary N) is 7. The molecule has 2 fully saturated rings. The number of guanidine groups is 1. The molecule has 0 radical (unpaired) electrons. The van der Waals surface area contributed by atoms with Gasteiger partial charge in [0.25, 0.3) is 0 Å². The van der Waals surface area contributed by atoms with Crippen molar-refractivity contribution in [2.45, 2.75) is 132 Å². The van der Waals surface area contributed by atoms with Gasteiger partial charge in [-0.25, -0.2) is 0 Å². The molecule has 1 saturated heterocycles. The highest BCUT2D eigenvalue weighted by Gasteiger charge is 2.40. The van der Waals surface area contributed by atoms with E-state index in [1.54, 1.807) is 42.5 Å². The Morgan fingerprint density at radius 1 is 0.632 bits per heavy atom. The van der Waals surface area contributed by atoms with E-state index in [9.17, 15) is 53.1 Å². The number of likely N-dealkylation sites (tertiary alicyclic amines) is 1. The maximum Gasteiger partial charge on any atom is 0.246 e. The van der Waals surface area contributed by atoms with Gasteiger partial charge in [0, 0.05) is 38.1 Å². The number of benzene rings is 2. The van der Waals surface area contributed by atoms with Crippen molar-refractivity contribution in [1.82, 2.24) is 42.1 Å². The van der Waals surface area contributed by atoms with Crippen molar-refractivity contribution in [3.8, 4) is 5.75 Å². The van der Waals surface area contributed by atoms with Gasteiger partial charge in [-0.05, 0) is 67.0 Å². The summed E-state index contributed by atoms with van der Waals surface area (Å²) in [6.07, 6.45) is 4.44. The van der Waals surface area contributed by atoms with Crippen molar-refractivity contribution >= 4 is 90.3 Å². The highest BCUT2D eigenvalue weighted by atomic mass is 32.1. The van der Waals surface area contributed by atoms with E-state index in [0.29, 0.717) is 17.5 Å². The van der Waals surface area contributed by atoms with Crippen molar-refractivity contribution in [2.75, 3.05) is 31.1 Å². The number of rotatable bonds is 30. The number of nitrogens with zero attached hydrogens (tertiary/aromatic N) is 2. The lowest BCUT2D eigenvalue weighted by molar-refractivity contribution is -0.142. The summed E-state index contributed by atoms with van der Waals surface area (Å²) in [5.74, 6) is -8.02. The average molecular weight is 1100 g/mol. The fourth-order valence-electron chi connectivity index (χ4n) is 9.02. The fourth-order valence-corrected chi connectivity index (χ4v) is 9.47. The number of nitrogens with two attached hydrogens (primary N) is 4. The number of aromatic hydroxyl groups is 1. The minimum Gasteiger partial charge on any atom is -0.508 e. The van der Waals surface area contributed by atoms with Crippen LogP contribution in [0.2, 0.25) is 0 Å². The Morgan fingerprint density at radius 3 is 1.82 bits per heavy atom. The van der Waals surface area contributed by atoms with Gasteiger partial charge in [-0.3, -0.25) is 52.9 Å². The molecule has 76 heavy (non-hydrogen) atoms. The van der Waals surface area contributed by atoms with Crippen LogP contribution in [-0.2, 0) is 60.8 Å². The van der Waals surface area contributed by atoms with E-state index in [2.05, 4.69) is 67.5 Å². The molecular weight excluding hydrogens is 1020 g/mol. The second-order valence-corrected chi connectivity index (χ2v) is 19.7. The van der Waals surface area contributed by atoms with Gasteiger partial charge in [0.2, 0.25) is 59.1 Å². The summed E-state index contributed by atoms with van der Waals surface area (Å²) in [4.78, 5) is 140. The zero-order valence-electron chi connectivity index (χ0n) is 42.4. The molecule has 2 aliphatic rings. The number of hydrogen-bond donors (Lipinski definition) is 14. The smallest absolute Gasteiger partial charge is 0.246 e. The van der Waals surface area contributed by atoms with Crippen LogP contribution in [0, 0.1) is 5.92 Å². The van der Waals surface area contributed by atoms with Gasteiger partial charge >= 0.3 is 0 Å². The van der Waals surface area contributed by atoms with Crippen LogP contribution >= 0.6 is 25.3 Å². The minimum atomic E-state index is -1.66. The standard InChI is InChI=1S/C50H73N13O11S2/c51-40(65)26-37(47(72)62-38(28-76)49(74)63-21-8-14-39(63)48(73)58-33(13-7-20-55-50(53)54)43(68)56-27-41(52)66)61-46(71)36(24-30-11-5-2-6-12-30)60-45(70)35(23-29-9-3-1-4-10-29)59-44(69)34(57-42(67)19-22-75)25-31-15-17-32(64)18-16-31/h1,3-4,9-10,15-18,30,33-39,64,75-76H,2,5-8,11-14,19-28H2,(H2,51,65)(H2,52,66)(H,56,68)(H,57,67)(H,58,73)(H,59,69)(H,60,70)(H,61,71)(H,62,72)(H4,53,54,55)/t33-,34-,35-,36-,37-,38-,39-/m0/s1. The van der Waals surface area contributed by atoms with Gasteiger partial charge < -0.3 is 70.2 Å². The van der Waals surface area contributed by atoms with Crippen LogP contribution in [0.15, 0.2) is 59.6 Å². The van der Waals surface area contributed by atoms with Crippen LogP contribution in [-0.4, -0.2) is 148 Å². The third-order valence-electron chi connectivity index (χ3n) is 12.9. The number of carbonyl (C=O) groups is 10. The number of hydrogen-bond acceptors (Lipinski definition) is 14. The van der Waals surface area contributed by atoms with Crippen molar-refractivity contribution in [2.24, 2.45) is 33.8 Å². The lowest BCUT2D eigenvalue weighted by Gasteiger charge is -2.31. The van der Waals surface area contributed by atoms with Gasteiger partial charge in [0.05, 0.1) is 13.0 Å². The van der Waals surface area contributed by atoms with Crippen molar-refractivity contribution in [3.63, 3.8) is 0 Å². The monoisotopic (exact) mass is 1100 g/mol. The lowest BCUT2D eigenvalue weighted by atomic mass is 9.84. The molecule has 2 aromatic carbocycles. The summed E-state index contributed by atoms with van der Waals surface area (Å²) >= 11 is 8.45. The molecule has 0 spiro atoms. The van der Waals surface area contributed by atoms with Crippen molar-refractivity contribution < 1.29 is 53.1 Å². The SMILES string of the molecule is NC(=O)CNC(=O)[C@H](CCCN=C(N)N)NC(=O)[C@@H]1CCCN1C(=O)[C@H](CS)NC(=O)[C@H](CC(N)=O)NC(=O)[C@H](CC1CCCCC1)NC(=O)[C@H](Cc1ccccc1)NC(=O)[C@H](Cc1ccc(O)cc1)NC(=O)CCS. The molecule has 26 heteroatoms. The first-order chi connectivity index (χ1) is 36.3. The third-order valence-corrected chi connectivity index (χ3v) is 13.5. The minimum absolute atomic E-state index is 0.00122. The van der Waals surface area contributed by atoms with Gasteiger partial charge in [-0.15, -0.1) is 0 Å². The van der Waals surface area contributed by atoms with E-state index in [-0.39, 0.29) is 87.2 Å². The van der Waals surface area contributed by atoms with Gasteiger partial charge in [-0.1, -0.05) is 74.6 Å². The van der Waals surface area contributed by atoms with Crippen molar-refractivity contribution in [3.05, 3.63) is 65.7 Å². The predicted octanol–water partition coefficient (Wildman–Crippen LogP) is -2.17. The van der Waals surface area contributed by atoms with Crippen LogP contribution in [0.5, 0.6) is 5.75 Å². The quantitative estimate of drug-likeness (QED) is 0.0172. The molecule has 416 valence electrons. The first-order valence-electron chi connectivity index (χ1n) is 25.3. The third kappa shape index (κ3) is 20.9. The molecular formula is C50H73N13O11S2. The molecule has 10 amide bonds. The molecule has 0 aromatic heterocycles. The summed E-state index contributed by atoms with van der Waals surface area (Å²) in [5, 5.41) is 28.2. The molecule has 24 nitrogen and oxygen atoms in total. The number of phenolic OH excluding ortho intramolecular Hbond substituents is 1. The summed E-state index contributed by atoms with van der Waals surface area (Å²) in [6.45, 7) is -0.286. The molecule has 0 bridgehead atoms. The van der Waals surface area contributed by atoms with E-state index < -0.39 is 114 Å². The highest BCUT2D eigenvalue weighted by molar-refractivity contribution is 7.80. The predicted molar refractivity (Wildman–Crippen MR) is 288 cm³/mol. The average Bonchev–Trinajstić information content (AvgIpc) is 3.89. The molecule has 2 aromatic rings. The van der Waals surface area contributed by atoms with E-state index in [1.807, 2.05) is 0 Å². The Hall–Kier alpha value is -7.09. The number of thiol groups is 2. The molecule has 1 aliphatic carbocycles. The Kier molecular flexibility index (Phi) is 25.6. The maximum absolute atomic E-state index is 14.6. The van der Waals surface area contributed by atoms with Crippen LogP contribution in [0.1, 0.15) is 88.2 Å². The zero-order chi connectivity index (χ0) is 55.7. The lowest BCUT2D eigenvalue weighted by Crippen LogP contribution is -2.61. The van der Waals surface area contributed by atoms with E-state index in [0.717, 1.165) is 32.1 Å². The van der Waals surface area contributed by atoms with Gasteiger partial charge in [-0.2, -0.15) is 25.3 Å². The fraction of sp³-hybridized carbons (Fsp3) is 0.540. The summed E-state index contributed by atoms with van der Waals surface area (Å²) < 4.78 is 0. The normalized spacial score (nSPS) is 16.7. The molecule has 0 unspecified atom stereocenters. The largest absolute Gasteiger partial charge is 0.508 e. The molecule has 1 aliphatic heterocycles. The van der Waals surface area contributed by atoms with Gasteiger partial charge in [0.15, 0.2) is 5.96 Å². The zero-order valence-corrected chi connectivity index (χ0v) is 44.2. The highest BCUT2D eigenvalue weighted by Crippen LogP contribution is 2.28. The first kappa shape index (κ1) is 61.5. The number of primary amides is 2. The van der Waals surface area contributed by atoms with E-state index >= 15 is 0 Å². The molecule has 16 N–H and O–H groups in total. The topological polar surface area (TPSA) is 395 Å². The van der Waals surface area contributed by atoms with E-state index in [1.165, 1.54) is 17.0 Å². The van der Waals surface area contributed by atoms with Crippen LogP contribution in [0.3, 0.4) is 0 Å². The van der Waals surface area contributed by atoms with Crippen LogP contribution in [0.4, 0.5) is 0 Å². The number of aliphatic imine (C=N–C) groups is 1. The van der Waals surface area contributed by atoms with E-state index in [4.69, 9.17) is 22.9 Å². The van der Waals surface area contributed by atoms with Gasteiger partial charge in [0.1, 0.15) is 48.0 Å². The summed E-state index contributed by atoms with van der Waals surface area (Å²) in [5.41, 5.74) is 22.9. The second kappa shape index (κ2) is 31.7. The summed E-state index contributed by atoms with van der Waals surface area (Å²) in [6, 6.07) is 5.74. The number of amides is 10. The van der Waals surface area contributed by atoms with Crippen LogP contribution < -0.4 is 60.2 Å². The van der Waals surface area contributed by atoms with Crippen LogP contribution in [0.25, 0.3) is 0 Å². The van der Waals surface area contributed by atoms with Crippen molar-refractivity contribution in [1.29, 1.82) is 0 Å². The maximum atomic E-state index is 14.6. The molecule has 1 heterocycles. The first-order valence-corrected chi connectivity index (χ1v) is 26.6. The Bertz CT molecular complexity index is 2360. The molecule has 4 rings (SSSR count). The number of carbonyl (C=O) groups excluding carboxylic acids is 10. The molecule has 1 saturated carbocycles.